The molecule has 0 heterocycles. The third-order valence-corrected chi connectivity index (χ3v) is 6.14. The Labute approximate surface area is 229 Å². The Morgan fingerprint density at radius 3 is 1.94 bits per heavy atom. The van der Waals surface area contributed by atoms with E-state index in [1.54, 1.807) is 24.3 Å². The zero-order valence-corrected chi connectivity index (χ0v) is 22.7. The van der Waals surface area contributed by atoms with E-state index in [-0.39, 0.29) is 67.6 Å². The van der Waals surface area contributed by atoms with Gasteiger partial charge in [0.2, 0.25) is 0 Å². The minimum atomic E-state index is -4.45. The molecular weight excluding hydrogens is 439 g/mol. The van der Waals surface area contributed by atoms with Crippen LogP contribution in [0, 0.1) is 0 Å². The average Bonchev–Trinajstić information content (AvgIpc) is 2.71. The third kappa shape index (κ3) is 10.4. The van der Waals surface area contributed by atoms with Gasteiger partial charge in [0.15, 0.2) is 0 Å². The number of ether oxygens (including phenoxy) is 1. The van der Waals surface area contributed by atoms with E-state index in [1.807, 2.05) is 6.07 Å². The van der Waals surface area contributed by atoms with Gasteiger partial charge in [-0.05, 0) is 31.0 Å². The summed E-state index contributed by atoms with van der Waals surface area (Å²) in [5.41, 5.74) is 0.258. The van der Waals surface area contributed by atoms with Crippen molar-refractivity contribution in [2.24, 2.45) is 0 Å². The van der Waals surface area contributed by atoms with E-state index in [4.69, 9.17) is 4.74 Å². The van der Waals surface area contributed by atoms with Gasteiger partial charge in [0.25, 0.3) is 10.1 Å². The van der Waals surface area contributed by atoms with Crippen LogP contribution in [-0.4, -0.2) is 13.0 Å². The van der Waals surface area contributed by atoms with Gasteiger partial charge in [-0.25, -0.2) is 0 Å². The maximum absolute atomic E-state index is 12.4. The van der Waals surface area contributed by atoms with Gasteiger partial charge in [-0.3, -0.25) is 4.55 Å². The topological polar surface area (TPSA) is 86.7 Å². The third-order valence-electron chi connectivity index (χ3n) is 5.20. The molecule has 0 radical (unpaired) electrons. The van der Waals surface area contributed by atoms with Crippen LogP contribution in [0.5, 0.6) is 17.2 Å². The van der Waals surface area contributed by atoms with Gasteiger partial charge in [-0.1, -0.05) is 94.7 Å². The second-order valence-corrected chi connectivity index (χ2v) is 9.08. The Balaban J connectivity index is 0.00000480. The molecule has 7 heteroatoms. The van der Waals surface area contributed by atoms with Gasteiger partial charge < -0.3 is 9.84 Å². The van der Waals surface area contributed by atoms with Crippen LogP contribution in [0.2, 0.25) is 0 Å². The standard InChI is InChI=1S/C24H34O5S.K/c1-2-3-4-5-6-7-8-9-10-14-17-21-23(30(26,27)28)19-18-22(25)24(21)29-20-15-12-11-13-16-20;/h11-13,15-16,18-19,25H,2-10,14,17H2,1H3,(H,26,27,28);/q;+1/p-1. The number of unbranched alkanes of at least 4 members (excludes halogenated alkanes) is 9. The van der Waals surface area contributed by atoms with Crippen LogP contribution in [0.1, 0.15) is 76.7 Å². The number of hydrogen-bond acceptors (Lipinski definition) is 4. The molecule has 0 aliphatic carbocycles. The fraction of sp³-hybridized carbons (Fsp3) is 0.500. The smallest absolute Gasteiger partial charge is 0.870 e. The van der Waals surface area contributed by atoms with Gasteiger partial charge in [-0.2, -0.15) is 8.42 Å². The molecule has 2 rings (SSSR count). The number of benzene rings is 2. The Morgan fingerprint density at radius 2 is 1.39 bits per heavy atom. The van der Waals surface area contributed by atoms with E-state index >= 15 is 0 Å². The first-order chi connectivity index (χ1) is 14.4. The second-order valence-electron chi connectivity index (χ2n) is 7.69. The maximum Gasteiger partial charge on any atom is 1.00 e. The summed E-state index contributed by atoms with van der Waals surface area (Å²) < 4.78 is 39.1. The summed E-state index contributed by atoms with van der Waals surface area (Å²) in [6.07, 6.45) is 11.9. The number of hydrogen-bond donors (Lipinski definition) is 1. The van der Waals surface area contributed by atoms with Crippen molar-refractivity contribution in [1.82, 2.24) is 0 Å². The average molecular weight is 473 g/mol. The van der Waals surface area contributed by atoms with Crippen molar-refractivity contribution in [3.8, 4) is 17.2 Å². The van der Waals surface area contributed by atoms with Crippen LogP contribution < -0.4 is 61.2 Å². The zero-order valence-electron chi connectivity index (χ0n) is 18.8. The summed E-state index contributed by atoms with van der Waals surface area (Å²) >= 11 is 0. The van der Waals surface area contributed by atoms with Crippen LogP contribution in [0.25, 0.3) is 0 Å². The minimum absolute atomic E-state index is 0. The van der Waals surface area contributed by atoms with Crippen molar-refractivity contribution in [1.29, 1.82) is 0 Å². The molecule has 0 unspecified atom stereocenters. The first kappa shape index (κ1) is 28.6. The van der Waals surface area contributed by atoms with Crippen LogP contribution >= 0.6 is 0 Å². The summed E-state index contributed by atoms with van der Waals surface area (Å²) in [6, 6.07) is 11.1. The van der Waals surface area contributed by atoms with Crippen molar-refractivity contribution in [2.75, 3.05) is 0 Å². The summed E-state index contributed by atoms with van der Waals surface area (Å²) in [7, 11) is -4.45. The second kappa shape index (κ2) is 15.4. The number of rotatable bonds is 14. The Morgan fingerprint density at radius 1 is 0.839 bits per heavy atom. The molecule has 1 N–H and O–H groups in total. The summed E-state index contributed by atoms with van der Waals surface area (Å²) in [5.74, 6) is 0.0343. The SMILES string of the molecule is CCCCCCCCCCCCc1c(S(=O)(=O)O)ccc([O-])c1Oc1ccccc1.[K+]. The first-order valence-corrected chi connectivity index (χ1v) is 12.4. The molecule has 0 atom stereocenters. The van der Waals surface area contributed by atoms with Gasteiger partial charge in [0.05, 0.1) is 0 Å². The molecule has 166 valence electrons. The number of para-hydroxylation sites is 1. The van der Waals surface area contributed by atoms with Crippen molar-refractivity contribution in [3.63, 3.8) is 0 Å². The predicted molar refractivity (Wildman–Crippen MR) is 118 cm³/mol. The monoisotopic (exact) mass is 472 g/mol. The fourth-order valence-corrected chi connectivity index (χ4v) is 4.32. The van der Waals surface area contributed by atoms with Crippen LogP contribution in [0.4, 0.5) is 0 Å². The molecule has 0 saturated heterocycles. The molecule has 0 fully saturated rings. The molecule has 0 spiro atoms. The summed E-state index contributed by atoms with van der Waals surface area (Å²) in [5, 5.41) is 12.4. The molecule has 31 heavy (non-hydrogen) atoms. The van der Waals surface area contributed by atoms with E-state index in [2.05, 4.69) is 6.92 Å². The first-order valence-electron chi connectivity index (χ1n) is 11.0. The van der Waals surface area contributed by atoms with Crippen molar-refractivity contribution < 1.29 is 74.2 Å². The van der Waals surface area contributed by atoms with Crippen molar-refractivity contribution in [3.05, 3.63) is 48.0 Å². The quantitative estimate of drug-likeness (QED) is 0.259. The zero-order chi connectivity index (χ0) is 21.8. The molecule has 0 aliphatic rings. The maximum atomic E-state index is 12.4. The summed E-state index contributed by atoms with van der Waals surface area (Å²) in [4.78, 5) is -0.246. The molecule has 0 saturated carbocycles. The van der Waals surface area contributed by atoms with Gasteiger partial charge in [0, 0.05) is 5.56 Å². The molecule has 0 aliphatic heterocycles. The normalized spacial score (nSPS) is 11.2. The molecule has 2 aromatic rings. The fourth-order valence-electron chi connectivity index (χ4n) is 3.57. The van der Waals surface area contributed by atoms with Gasteiger partial charge in [0.1, 0.15) is 16.4 Å². The van der Waals surface area contributed by atoms with E-state index in [9.17, 15) is 18.1 Å². The Hall–Kier alpha value is -0.414. The molecular formula is C24H33KO5S. The van der Waals surface area contributed by atoms with Crippen LogP contribution in [0.3, 0.4) is 0 Å². The minimum Gasteiger partial charge on any atom is -0.870 e. The molecule has 2 aromatic carbocycles. The molecule has 0 bridgehead atoms. The van der Waals surface area contributed by atoms with E-state index in [0.717, 1.165) is 31.7 Å². The van der Waals surface area contributed by atoms with Crippen molar-refractivity contribution >= 4 is 10.1 Å². The molecule has 0 amide bonds. The van der Waals surface area contributed by atoms with E-state index in [1.165, 1.54) is 44.6 Å². The van der Waals surface area contributed by atoms with Crippen LogP contribution in [0.15, 0.2) is 47.4 Å². The predicted octanol–water partition coefficient (Wildman–Crippen LogP) is 3.27. The van der Waals surface area contributed by atoms with Gasteiger partial charge in [-0.15, -0.1) is 0 Å². The van der Waals surface area contributed by atoms with Crippen LogP contribution in [-0.2, 0) is 16.5 Å². The largest absolute Gasteiger partial charge is 1.00 e. The van der Waals surface area contributed by atoms with Gasteiger partial charge >= 0.3 is 51.4 Å². The summed E-state index contributed by atoms with van der Waals surface area (Å²) in [6.45, 7) is 2.21. The van der Waals surface area contributed by atoms with E-state index in [0.29, 0.717) is 12.2 Å². The molecule has 5 nitrogen and oxygen atoms in total. The van der Waals surface area contributed by atoms with E-state index < -0.39 is 15.9 Å². The molecule has 0 aromatic heterocycles. The Bertz CT molecular complexity index is 869. The van der Waals surface area contributed by atoms with Crippen molar-refractivity contribution in [2.45, 2.75) is 82.4 Å². The Kier molecular flexibility index (Phi) is 14.2.